The normalized spacial score (nSPS) is 17.5. The van der Waals surface area contributed by atoms with Gasteiger partial charge >= 0.3 is 42.2 Å². The van der Waals surface area contributed by atoms with E-state index in [0.29, 0.717) is 63.8 Å². The van der Waals surface area contributed by atoms with E-state index in [0.717, 1.165) is 45.2 Å². The molecule has 8 rings (SSSR count). The van der Waals surface area contributed by atoms with E-state index in [-0.39, 0.29) is 84.8 Å². The number of nitrogens with zero attached hydrogens (tertiary/aromatic N) is 6. The van der Waals surface area contributed by atoms with Gasteiger partial charge < -0.3 is 45.6 Å². The highest BCUT2D eigenvalue weighted by atomic mass is 19.4. The summed E-state index contributed by atoms with van der Waals surface area (Å²) in [5, 5.41) is 51.1. The average Bonchev–Trinajstić information content (AvgIpc) is 1.54. The molecule has 29 heteroatoms. The van der Waals surface area contributed by atoms with Crippen LogP contribution in [0.3, 0.4) is 0 Å². The molecule has 8 bridgehead atoms. The van der Waals surface area contributed by atoms with E-state index in [1.165, 1.54) is 17.0 Å². The molecule has 23 nitrogen and oxygen atoms in total. The maximum absolute atomic E-state index is 15.5. The standard InChI is InChI=1S/C67H77F6N9O14/c1-8-10-19-96-38(7)59-36(5)49-24-48-35(4)46(15-16-53(83)74-43-13-11-39(12-14-43)22-44(81(32-57(90)91)33-58(92)93)28-79(29-54(84)85)17-18-80(30-55(86)87)31-56(88)89)62(77-48)61-63-60(37(6)50(78-63)25-51-45(9-2)34(3)47(75-51)26-52(59)76-49)64(94)82(65(61)95)27-40-20-41(66(68,69)70)23-42(21-40)67(71,72)73/h11-14,20-21,23-26,34-35,38,44-46,75,78H,8-10,15-19,22,27-33H2,1-7H3,(H,74,83)(H,84,85)(H,86,87)(H,88,89)(H,90,91)(H,92,93)/t34-,35-,38?,44?,45-,46-/m0/s1. The Kier molecular flexibility index (Phi) is 23.0. The van der Waals surface area contributed by atoms with Gasteiger partial charge in [-0.3, -0.25) is 62.9 Å². The number of amides is 3. The fourth-order valence-corrected chi connectivity index (χ4v) is 13.0. The number of alkyl halides is 6. The van der Waals surface area contributed by atoms with Gasteiger partial charge in [0.2, 0.25) is 5.91 Å². The molecular weight excluding hydrogens is 1270 g/mol. The predicted octanol–water partition coefficient (Wildman–Crippen LogP) is 10.2. The van der Waals surface area contributed by atoms with Crippen LogP contribution in [-0.2, 0) is 58.8 Å². The first-order chi connectivity index (χ1) is 45.1. The number of nitrogens with one attached hydrogen (secondary N) is 3. The number of carboxylic acids is 5. The number of carbonyl (C=O) groups is 8. The Morgan fingerprint density at radius 2 is 1.27 bits per heavy atom. The number of aryl methyl sites for hydroxylation is 1. The Balaban J connectivity index is 1.20. The zero-order valence-corrected chi connectivity index (χ0v) is 53.9. The number of benzene rings is 2. The number of aromatic amines is 2. The van der Waals surface area contributed by atoms with Crippen LogP contribution in [-0.4, -0.2) is 184 Å². The van der Waals surface area contributed by atoms with Gasteiger partial charge in [-0.1, -0.05) is 46.2 Å². The fraction of sp³-hybridized carbons (Fsp3) is 0.463. The molecule has 4 aliphatic heterocycles. The molecule has 0 spiro atoms. The largest absolute Gasteiger partial charge is 0.480 e. The summed E-state index contributed by atoms with van der Waals surface area (Å²) >= 11 is 0. The van der Waals surface area contributed by atoms with Crippen molar-refractivity contribution >= 4 is 75.4 Å². The summed E-state index contributed by atoms with van der Waals surface area (Å²) in [5.74, 6) is -11.2. The van der Waals surface area contributed by atoms with E-state index in [1.807, 2.05) is 39.8 Å². The number of unbranched alkanes of at least 4 members (excludes halogenated alkanes) is 1. The summed E-state index contributed by atoms with van der Waals surface area (Å²) in [4.78, 5) is 125. The molecule has 0 saturated heterocycles. The van der Waals surface area contributed by atoms with Gasteiger partial charge in [0.05, 0.1) is 90.2 Å². The Morgan fingerprint density at radius 3 is 1.84 bits per heavy atom. The van der Waals surface area contributed by atoms with Gasteiger partial charge in [0.1, 0.15) is 0 Å². The smallest absolute Gasteiger partial charge is 0.416 e. The van der Waals surface area contributed by atoms with Crippen LogP contribution in [0.4, 0.5) is 32.0 Å². The number of halogens is 6. The number of imide groups is 1. The second-order valence-corrected chi connectivity index (χ2v) is 24.7. The molecule has 516 valence electrons. The van der Waals surface area contributed by atoms with E-state index >= 15 is 9.59 Å². The number of carbonyl (C=O) groups excluding carboxylic acids is 3. The Labute approximate surface area is 547 Å². The van der Waals surface area contributed by atoms with Crippen molar-refractivity contribution in [1.29, 1.82) is 0 Å². The lowest BCUT2D eigenvalue weighted by Gasteiger charge is -2.34. The van der Waals surface area contributed by atoms with Crippen LogP contribution >= 0.6 is 0 Å². The maximum atomic E-state index is 15.5. The topological polar surface area (TPSA) is 329 Å². The highest BCUT2D eigenvalue weighted by Gasteiger charge is 2.43. The van der Waals surface area contributed by atoms with Crippen molar-refractivity contribution in [3.8, 4) is 0 Å². The Bertz CT molecular complexity index is 3860. The number of aromatic nitrogens is 4. The summed E-state index contributed by atoms with van der Waals surface area (Å²) in [7, 11) is 0. The van der Waals surface area contributed by atoms with E-state index in [2.05, 4.69) is 29.1 Å². The number of aliphatic carboxylic acids is 5. The highest BCUT2D eigenvalue weighted by molar-refractivity contribution is 6.23. The van der Waals surface area contributed by atoms with Crippen LogP contribution in [0.5, 0.6) is 0 Å². The SMILES string of the molecule is CCCCOC(C)C1=C(C)c2cc3nc(c4c5[nH]c(cc6[nH]c(cc1n2)[C@@H](C)[C@@H]6CC)c(C)c5C(=O)N(Cc1cc(C(F)(F)F)cc(C(F)(F)F)c1)C4=O)[C@@H](CCC(=O)Nc1ccc(CC(CN(CCN(CC(=O)O)CC(=O)O)CC(=O)O)N(CC(=O)O)CC(=O)O)cc1)[C@@H]3C. The predicted molar refractivity (Wildman–Crippen MR) is 338 cm³/mol. The van der Waals surface area contributed by atoms with Crippen LogP contribution in [0.1, 0.15) is 180 Å². The van der Waals surface area contributed by atoms with E-state index in [9.17, 15) is 80.6 Å². The van der Waals surface area contributed by atoms with Crippen molar-refractivity contribution in [2.75, 3.05) is 64.3 Å². The number of rotatable bonds is 30. The van der Waals surface area contributed by atoms with E-state index in [4.69, 9.17) is 14.7 Å². The highest BCUT2D eigenvalue weighted by Crippen LogP contribution is 2.47. The van der Waals surface area contributed by atoms with Gasteiger partial charge in [0.15, 0.2) is 0 Å². The van der Waals surface area contributed by atoms with Crippen LogP contribution in [0, 0.1) is 6.92 Å². The molecule has 0 fully saturated rings. The van der Waals surface area contributed by atoms with Gasteiger partial charge in [-0.05, 0) is 117 Å². The van der Waals surface area contributed by atoms with Crippen molar-refractivity contribution < 1.29 is 95.0 Å². The maximum Gasteiger partial charge on any atom is 0.416 e. The monoisotopic (exact) mass is 1350 g/mol. The minimum absolute atomic E-state index is 0.00329. The molecule has 96 heavy (non-hydrogen) atoms. The molecule has 4 aliphatic rings. The molecule has 2 unspecified atom stereocenters. The van der Waals surface area contributed by atoms with Crippen molar-refractivity contribution in [2.45, 2.75) is 142 Å². The number of allylic oxidation sites excluding steroid dienone is 1. The third-order valence-electron chi connectivity index (χ3n) is 17.9. The van der Waals surface area contributed by atoms with Crippen molar-refractivity contribution in [3.63, 3.8) is 0 Å². The van der Waals surface area contributed by atoms with Gasteiger partial charge in [-0.25, -0.2) is 4.98 Å². The molecule has 0 saturated carbocycles. The minimum atomic E-state index is -5.26. The first-order valence-electron chi connectivity index (χ1n) is 31.4. The van der Waals surface area contributed by atoms with Crippen molar-refractivity contribution in [2.24, 2.45) is 0 Å². The van der Waals surface area contributed by atoms with Crippen LogP contribution in [0.15, 0.2) is 60.7 Å². The fourth-order valence-electron chi connectivity index (χ4n) is 13.0. The number of anilines is 1. The second kappa shape index (κ2) is 30.3. The lowest BCUT2D eigenvalue weighted by atomic mass is 9.84. The third-order valence-corrected chi connectivity index (χ3v) is 17.9. The number of hydrogen-bond acceptors (Lipinski definition) is 14. The van der Waals surface area contributed by atoms with Crippen LogP contribution < -0.4 is 5.32 Å². The minimum Gasteiger partial charge on any atom is -0.480 e. The average molecular weight is 1350 g/mol. The van der Waals surface area contributed by atoms with Crippen LogP contribution in [0.25, 0.3) is 22.2 Å². The summed E-state index contributed by atoms with van der Waals surface area (Å²) in [6, 6.07) is 11.6. The first-order valence-corrected chi connectivity index (χ1v) is 31.4. The van der Waals surface area contributed by atoms with Gasteiger partial charge in [0.25, 0.3) is 11.8 Å². The summed E-state index contributed by atoms with van der Waals surface area (Å²) in [6.07, 6.45) is -8.96. The number of ether oxygens (including phenoxy) is 1. The van der Waals surface area contributed by atoms with Gasteiger partial charge in [0, 0.05) is 96.2 Å². The van der Waals surface area contributed by atoms with Gasteiger partial charge in [-0.15, -0.1) is 0 Å². The zero-order valence-electron chi connectivity index (χ0n) is 53.9. The zero-order chi connectivity index (χ0) is 70.4. The summed E-state index contributed by atoms with van der Waals surface area (Å²) in [5.41, 5.74) is 1.95. The molecule has 3 amide bonds. The molecule has 0 aliphatic carbocycles. The molecule has 2 aromatic heterocycles. The molecule has 2 aromatic carbocycles. The Morgan fingerprint density at radius 1 is 0.688 bits per heavy atom. The molecule has 6 heterocycles. The van der Waals surface area contributed by atoms with Gasteiger partial charge in [-0.2, -0.15) is 26.3 Å². The quantitative estimate of drug-likeness (QED) is 0.0137. The summed E-state index contributed by atoms with van der Waals surface area (Å²) in [6.45, 7) is 8.45. The molecule has 4 aromatic rings. The molecule has 8 N–H and O–H groups in total. The number of hydrogen-bond donors (Lipinski definition) is 8. The second-order valence-electron chi connectivity index (χ2n) is 24.7. The number of fused-ring (bicyclic) bond motifs is 8. The summed E-state index contributed by atoms with van der Waals surface area (Å²) < 4.78 is 92.4. The number of carboxylic acid groups (broad SMARTS) is 5. The van der Waals surface area contributed by atoms with E-state index < -0.39 is 140 Å². The van der Waals surface area contributed by atoms with Crippen molar-refractivity contribution in [3.05, 3.63) is 134 Å². The number of H-pyrrole nitrogens is 2. The van der Waals surface area contributed by atoms with E-state index in [1.54, 1.807) is 25.1 Å². The lowest BCUT2D eigenvalue weighted by molar-refractivity contribution is -0.145. The van der Waals surface area contributed by atoms with Crippen LogP contribution in [0.2, 0.25) is 0 Å². The third kappa shape index (κ3) is 17.3. The molecular formula is C67H77F6N9O14. The molecule has 0 radical (unpaired) electrons. The first kappa shape index (κ1) is 72.8. The van der Waals surface area contributed by atoms with Crippen molar-refractivity contribution in [1.82, 2.24) is 39.5 Å². The Hall–Kier alpha value is -9.06. The lowest BCUT2D eigenvalue weighted by Crippen LogP contribution is -2.51. The molecule has 6 atom stereocenters.